The Morgan fingerprint density at radius 1 is 0.920 bits per heavy atom. The SMILES string of the molecule is CCC[CH2][Sn](/[CH]=C/C(O)COc1ccccc1)([CH2]CCC)[CH2]CCC. The van der Waals surface area contributed by atoms with Gasteiger partial charge in [0.15, 0.2) is 0 Å². The molecule has 0 aliphatic heterocycles. The van der Waals surface area contributed by atoms with Gasteiger partial charge in [0.2, 0.25) is 0 Å². The molecule has 0 spiro atoms. The van der Waals surface area contributed by atoms with Crippen LogP contribution in [0.3, 0.4) is 0 Å². The molecule has 1 N–H and O–H groups in total. The van der Waals surface area contributed by atoms with Crippen molar-refractivity contribution in [3.8, 4) is 5.75 Å². The van der Waals surface area contributed by atoms with Gasteiger partial charge in [0, 0.05) is 0 Å². The Morgan fingerprint density at radius 3 is 1.92 bits per heavy atom. The van der Waals surface area contributed by atoms with E-state index in [1.165, 1.54) is 51.8 Å². The number of unbranched alkanes of at least 4 members (excludes halogenated alkanes) is 3. The Labute approximate surface area is 159 Å². The molecule has 0 amide bonds. The van der Waals surface area contributed by atoms with Crippen LogP contribution in [0.2, 0.25) is 13.3 Å². The van der Waals surface area contributed by atoms with Crippen LogP contribution in [-0.2, 0) is 0 Å². The zero-order chi connectivity index (χ0) is 18.4. The van der Waals surface area contributed by atoms with Crippen molar-refractivity contribution in [1.29, 1.82) is 0 Å². The molecule has 25 heavy (non-hydrogen) atoms. The Hall–Kier alpha value is -0.481. The third-order valence-electron chi connectivity index (χ3n) is 4.92. The van der Waals surface area contributed by atoms with Gasteiger partial charge in [0.05, 0.1) is 0 Å². The summed E-state index contributed by atoms with van der Waals surface area (Å²) in [5.41, 5.74) is 0. The van der Waals surface area contributed by atoms with Gasteiger partial charge in [0.25, 0.3) is 0 Å². The molecule has 0 aliphatic rings. The molecular formula is C22H38O2Sn. The quantitative estimate of drug-likeness (QED) is 0.332. The van der Waals surface area contributed by atoms with Crippen LogP contribution in [0.15, 0.2) is 40.5 Å². The molecule has 0 fully saturated rings. The van der Waals surface area contributed by atoms with E-state index in [0.29, 0.717) is 6.61 Å². The van der Waals surface area contributed by atoms with Crippen molar-refractivity contribution in [3.05, 3.63) is 40.5 Å². The molecule has 1 unspecified atom stereocenters. The maximum atomic E-state index is 10.4. The molecule has 0 heterocycles. The summed E-state index contributed by atoms with van der Waals surface area (Å²) in [6, 6.07) is 9.76. The maximum absolute atomic E-state index is 10.4. The average Bonchev–Trinajstić information content (AvgIpc) is 2.66. The third-order valence-corrected chi connectivity index (χ3v) is 19.0. The van der Waals surface area contributed by atoms with Crippen molar-refractivity contribution < 1.29 is 9.84 Å². The van der Waals surface area contributed by atoms with Crippen molar-refractivity contribution >= 4 is 18.4 Å². The first kappa shape index (κ1) is 22.6. The molecule has 0 radical (unpaired) electrons. The molecule has 1 rings (SSSR count). The standard InChI is InChI=1S/C10H11O2.3C4H9.Sn/c1-2-9(11)8-12-10-6-4-3-5-7-10;3*1-3-4-2;/h1-7,9,11H,8H2;3*1,3-4H2,2H3;. The summed E-state index contributed by atoms with van der Waals surface area (Å²) in [7, 11) is 0. The first-order chi connectivity index (χ1) is 12.2. The number of ether oxygens (including phenoxy) is 1. The van der Waals surface area contributed by atoms with Crippen molar-refractivity contribution in [2.24, 2.45) is 0 Å². The number of aliphatic hydroxyl groups is 1. The van der Waals surface area contributed by atoms with E-state index in [1.54, 1.807) is 0 Å². The summed E-state index contributed by atoms with van der Waals surface area (Å²) in [6.07, 6.45) is 9.47. The fourth-order valence-electron chi connectivity index (χ4n) is 3.28. The number of rotatable bonds is 14. The van der Waals surface area contributed by atoms with E-state index in [-0.39, 0.29) is 0 Å². The van der Waals surface area contributed by atoms with E-state index in [9.17, 15) is 5.11 Å². The van der Waals surface area contributed by atoms with Crippen molar-refractivity contribution in [1.82, 2.24) is 0 Å². The van der Waals surface area contributed by atoms with Gasteiger partial charge in [-0.3, -0.25) is 0 Å². The molecule has 0 saturated carbocycles. The Kier molecular flexibility index (Phi) is 12.4. The Balaban J connectivity index is 2.68. The van der Waals surface area contributed by atoms with E-state index in [0.717, 1.165) is 5.75 Å². The van der Waals surface area contributed by atoms with Crippen LogP contribution in [0.25, 0.3) is 0 Å². The second kappa shape index (κ2) is 13.7. The van der Waals surface area contributed by atoms with E-state index in [2.05, 4.69) is 30.9 Å². The van der Waals surface area contributed by atoms with E-state index in [4.69, 9.17) is 4.74 Å². The summed E-state index contributed by atoms with van der Waals surface area (Å²) < 4.78 is 12.5. The first-order valence-electron chi connectivity index (χ1n) is 10.2. The zero-order valence-electron chi connectivity index (χ0n) is 16.5. The molecule has 2 nitrogen and oxygen atoms in total. The van der Waals surface area contributed by atoms with Crippen LogP contribution in [-0.4, -0.2) is 36.2 Å². The van der Waals surface area contributed by atoms with Gasteiger partial charge in [-0.2, -0.15) is 0 Å². The predicted molar refractivity (Wildman–Crippen MR) is 112 cm³/mol. The number of aliphatic hydroxyl groups excluding tert-OH is 1. The van der Waals surface area contributed by atoms with Gasteiger partial charge in [-0.05, 0) is 0 Å². The molecule has 0 aromatic heterocycles. The van der Waals surface area contributed by atoms with Crippen molar-refractivity contribution in [2.75, 3.05) is 6.61 Å². The van der Waals surface area contributed by atoms with Gasteiger partial charge in [-0.25, -0.2) is 0 Å². The Morgan fingerprint density at radius 2 is 1.44 bits per heavy atom. The molecule has 0 saturated heterocycles. The predicted octanol–water partition coefficient (Wildman–Crippen LogP) is 6.37. The fraction of sp³-hybridized carbons (Fsp3) is 0.636. The zero-order valence-corrected chi connectivity index (χ0v) is 19.4. The van der Waals surface area contributed by atoms with Crippen LogP contribution >= 0.6 is 0 Å². The van der Waals surface area contributed by atoms with Gasteiger partial charge < -0.3 is 0 Å². The topological polar surface area (TPSA) is 29.5 Å². The van der Waals surface area contributed by atoms with Gasteiger partial charge in [-0.1, -0.05) is 0 Å². The summed E-state index contributed by atoms with van der Waals surface area (Å²) in [4.78, 5) is 0. The van der Waals surface area contributed by atoms with Crippen LogP contribution in [0.4, 0.5) is 0 Å². The molecule has 0 aliphatic carbocycles. The molecule has 1 aromatic rings. The minimum absolute atomic E-state index is 0.345. The summed E-state index contributed by atoms with van der Waals surface area (Å²) >= 11 is -2.28. The molecular weight excluding hydrogens is 415 g/mol. The summed E-state index contributed by atoms with van der Waals surface area (Å²) in [6.45, 7) is 7.23. The Bertz CT molecular complexity index is 437. The molecule has 3 heteroatoms. The molecule has 1 aromatic carbocycles. The molecule has 142 valence electrons. The first-order valence-corrected chi connectivity index (χ1v) is 17.9. The summed E-state index contributed by atoms with van der Waals surface area (Å²) in [5.74, 6) is 0.827. The number of benzene rings is 1. The third kappa shape index (κ3) is 9.69. The van der Waals surface area contributed by atoms with Crippen LogP contribution < -0.4 is 4.74 Å². The van der Waals surface area contributed by atoms with E-state index < -0.39 is 24.5 Å². The second-order valence-electron chi connectivity index (χ2n) is 7.22. The monoisotopic (exact) mass is 454 g/mol. The van der Waals surface area contributed by atoms with Gasteiger partial charge in [-0.15, -0.1) is 0 Å². The van der Waals surface area contributed by atoms with Gasteiger partial charge >= 0.3 is 160 Å². The van der Waals surface area contributed by atoms with Crippen LogP contribution in [0.5, 0.6) is 5.75 Å². The normalized spacial score (nSPS) is 13.3. The average molecular weight is 453 g/mol. The number of hydrogen-bond donors (Lipinski definition) is 1. The molecule has 0 bridgehead atoms. The van der Waals surface area contributed by atoms with E-state index in [1.807, 2.05) is 30.3 Å². The molecule has 1 atom stereocenters. The second-order valence-corrected chi connectivity index (χ2v) is 20.2. The summed E-state index contributed by atoms with van der Waals surface area (Å²) in [5, 5.41) is 10.4. The number of hydrogen-bond acceptors (Lipinski definition) is 2. The number of para-hydroxylation sites is 1. The van der Waals surface area contributed by atoms with Gasteiger partial charge in [0.1, 0.15) is 0 Å². The van der Waals surface area contributed by atoms with Crippen LogP contribution in [0, 0.1) is 0 Å². The van der Waals surface area contributed by atoms with E-state index >= 15 is 0 Å². The fourth-order valence-corrected chi connectivity index (χ4v) is 17.7. The van der Waals surface area contributed by atoms with Crippen molar-refractivity contribution in [3.63, 3.8) is 0 Å². The van der Waals surface area contributed by atoms with Crippen LogP contribution in [0.1, 0.15) is 59.3 Å². The minimum atomic E-state index is -2.28. The van der Waals surface area contributed by atoms with Crippen molar-refractivity contribution in [2.45, 2.75) is 78.7 Å².